The number of carbonyl (C=O) groups is 1. The largest absolute Gasteiger partial charge is 0.368 e. The molecule has 1 amide bonds. The van der Waals surface area contributed by atoms with E-state index in [0.717, 1.165) is 29.6 Å². The van der Waals surface area contributed by atoms with Gasteiger partial charge < -0.3 is 10.1 Å². The Hall–Kier alpha value is -1.89. The molecule has 1 atom stereocenters. The number of ether oxygens (including phenoxy) is 1. The Kier molecular flexibility index (Phi) is 4.15. The first-order valence-electron chi connectivity index (χ1n) is 7.88. The second kappa shape index (κ2) is 6.08. The molecule has 1 fully saturated rings. The van der Waals surface area contributed by atoms with E-state index < -0.39 is 0 Å². The van der Waals surface area contributed by atoms with Crippen LogP contribution in [0, 0.1) is 6.92 Å². The van der Waals surface area contributed by atoms with E-state index in [1.807, 2.05) is 22.5 Å². The molecule has 1 saturated heterocycles. The van der Waals surface area contributed by atoms with Gasteiger partial charge in [-0.2, -0.15) is 10.2 Å². The van der Waals surface area contributed by atoms with Crippen LogP contribution in [0.2, 0.25) is 0 Å². The molecule has 0 spiro atoms. The SMILES string of the molecule is Cc1nn(C(C)C)c2cnn(CCNC(=O)[C@H]3CCCO3)c12. The minimum absolute atomic E-state index is 0.0181. The maximum Gasteiger partial charge on any atom is 0.249 e. The van der Waals surface area contributed by atoms with Crippen molar-refractivity contribution in [3.63, 3.8) is 0 Å². The fraction of sp³-hybridized carbons (Fsp3) is 0.667. The van der Waals surface area contributed by atoms with E-state index in [2.05, 4.69) is 29.4 Å². The zero-order chi connectivity index (χ0) is 15.7. The molecule has 3 heterocycles. The van der Waals surface area contributed by atoms with Gasteiger partial charge in [0.15, 0.2) is 0 Å². The van der Waals surface area contributed by atoms with Crippen LogP contribution in [-0.2, 0) is 16.1 Å². The Morgan fingerprint density at radius 1 is 1.55 bits per heavy atom. The number of carbonyl (C=O) groups excluding carboxylic acids is 1. The van der Waals surface area contributed by atoms with Gasteiger partial charge >= 0.3 is 0 Å². The van der Waals surface area contributed by atoms with Gasteiger partial charge in [-0.05, 0) is 33.6 Å². The van der Waals surface area contributed by atoms with E-state index >= 15 is 0 Å². The molecule has 0 saturated carbocycles. The number of nitrogens with zero attached hydrogens (tertiary/aromatic N) is 4. The first-order valence-corrected chi connectivity index (χ1v) is 7.88. The zero-order valence-corrected chi connectivity index (χ0v) is 13.4. The predicted molar refractivity (Wildman–Crippen MR) is 82.6 cm³/mol. The monoisotopic (exact) mass is 305 g/mol. The topological polar surface area (TPSA) is 74.0 Å². The molecule has 120 valence electrons. The molecule has 7 heteroatoms. The van der Waals surface area contributed by atoms with Gasteiger partial charge in [0.25, 0.3) is 0 Å². The van der Waals surface area contributed by atoms with Crippen LogP contribution in [0.5, 0.6) is 0 Å². The lowest BCUT2D eigenvalue weighted by atomic mass is 10.2. The first kappa shape index (κ1) is 15.0. The van der Waals surface area contributed by atoms with Crippen LogP contribution in [0.25, 0.3) is 11.0 Å². The second-order valence-corrected chi connectivity index (χ2v) is 6.02. The smallest absolute Gasteiger partial charge is 0.249 e. The zero-order valence-electron chi connectivity index (χ0n) is 13.4. The highest BCUT2D eigenvalue weighted by molar-refractivity contribution is 5.81. The third-order valence-corrected chi connectivity index (χ3v) is 4.00. The molecule has 0 aromatic carbocycles. The lowest BCUT2D eigenvalue weighted by Crippen LogP contribution is -2.36. The molecule has 0 bridgehead atoms. The number of aromatic nitrogens is 4. The lowest BCUT2D eigenvalue weighted by Gasteiger charge is -2.10. The van der Waals surface area contributed by atoms with Crippen LogP contribution in [0.1, 0.15) is 38.4 Å². The Morgan fingerprint density at radius 2 is 2.36 bits per heavy atom. The van der Waals surface area contributed by atoms with Crippen molar-refractivity contribution in [2.24, 2.45) is 0 Å². The van der Waals surface area contributed by atoms with E-state index in [1.54, 1.807) is 0 Å². The van der Waals surface area contributed by atoms with Crippen molar-refractivity contribution >= 4 is 16.9 Å². The minimum Gasteiger partial charge on any atom is -0.368 e. The number of rotatable bonds is 5. The maximum atomic E-state index is 11.9. The van der Waals surface area contributed by atoms with E-state index in [0.29, 0.717) is 25.7 Å². The molecule has 3 rings (SSSR count). The molecule has 2 aromatic heterocycles. The second-order valence-electron chi connectivity index (χ2n) is 6.02. The summed E-state index contributed by atoms with van der Waals surface area (Å²) in [7, 11) is 0. The molecule has 1 N–H and O–H groups in total. The summed E-state index contributed by atoms with van der Waals surface area (Å²) in [6, 6.07) is 0.299. The van der Waals surface area contributed by atoms with Gasteiger partial charge in [0.1, 0.15) is 17.1 Å². The molecule has 7 nitrogen and oxygen atoms in total. The summed E-state index contributed by atoms with van der Waals surface area (Å²) in [5, 5.41) is 11.9. The van der Waals surface area contributed by atoms with Crippen molar-refractivity contribution < 1.29 is 9.53 Å². The molecular weight excluding hydrogens is 282 g/mol. The fourth-order valence-corrected chi connectivity index (χ4v) is 2.92. The quantitative estimate of drug-likeness (QED) is 0.906. The average molecular weight is 305 g/mol. The van der Waals surface area contributed by atoms with E-state index in [-0.39, 0.29) is 12.0 Å². The third kappa shape index (κ3) is 2.72. The first-order chi connectivity index (χ1) is 10.6. The molecule has 0 aliphatic carbocycles. The highest BCUT2D eigenvalue weighted by atomic mass is 16.5. The Balaban J connectivity index is 1.65. The van der Waals surface area contributed by atoms with Crippen LogP contribution in [0.3, 0.4) is 0 Å². The normalized spacial score (nSPS) is 18.5. The van der Waals surface area contributed by atoms with E-state index in [1.165, 1.54) is 0 Å². The lowest BCUT2D eigenvalue weighted by molar-refractivity contribution is -0.130. The summed E-state index contributed by atoms with van der Waals surface area (Å²) in [6.45, 7) is 8.06. The summed E-state index contributed by atoms with van der Waals surface area (Å²) in [4.78, 5) is 11.9. The van der Waals surface area contributed by atoms with Gasteiger partial charge in [0, 0.05) is 19.2 Å². The number of aryl methyl sites for hydroxylation is 1. The van der Waals surface area contributed by atoms with Crippen molar-refractivity contribution in [2.75, 3.05) is 13.2 Å². The number of hydrogen-bond acceptors (Lipinski definition) is 4. The van der Waals surface area contributed by atoms with Crippen molar-refractivity contribution in [1.29, 1.82) is 0 Å². The van der Waals surface area contributed by atoms with Crippen LogP contribution in [-0.4, -0.2) is 44.7 Å². The third-order valence-electron chi connectivity index (χ3n) is 4.00. The number of amides is 1. The van der Waals surface area contributed by atoms with Crippen LogP contribution in [0.15, 0.2) is 6.20 Å². The van der Waals surface area contributed by atoms with Gasteiger partial charge in [-0.25, -0.2) is 0 Å². The van der Waals surface area contributed by atoms with Gasteiger partial charge in [0.2, 0.25) is 5.91 Å². The Labute approximate surface area is 129 Å². The summed E-state index contributed by atoms with van der Waals surface area (Å²) in [5.41, 5.74) is 3.05. The fourth-order valence-electron chi connectivity index (χ4n) is 2.92. The number of nitrogens with one attached hydrogen (secondary N) is 1. The molecule has 22 heavy (non-hydrogen) atoms. The molecule has 0 unspecified atom stereocenters. The maximum absolute atomic E-state index is 11.9. The predicted octanol–water partition coefficient (Wildman–Crippen LogP) is 1.42. The Morgan fingerprint density at radius 3 is 3.05 bits per heavy atom. The van der Waals surface area contributed by atoms with Gasteiger partial charge in [0.05, 0.1) is 18.4 Å². The summed E-state index contributed by atoms with van der Waals surface area (Å²) >= 11 is 0. The van der Waals surface area contributed by atoms with E-state index in [4.69, 9.17) is 4.74 Å². The average Bonchev–Trinajstić information content (AvgIpc) is 3.18. The molecule has 1 aliphatic rings. The molecular formula is C15H23N5O2. The summed E-state index contributed by atoms with van der Waals surface area (Å²) in [6.07, 6.45) is 3.35. The molecule has 1 aliphatic heterocycles. The standard InChI is InChI=1S/C15H23N5O2/c1-10(2)20-12-9-17-19(14(12)11(3)18-20)7-6-16-15(21)13-5-4-8-22-13/h9-10,13H,4-8H2,1-3H3,(H,16,21)/t13-/m1/s1. The van der Waals surface area contributed by atoms with Gasteiger partial charge in [-0.1, -0.05) is 0 Å². The van der Waals surface area contributed by atoms with Gasteiger partial charge in [-0.3, -0.25) is 14.2 Å². The molecule has 2 aromatic rings. The number of hydrogen-bond donors (Lipinski definition) is 1. The minimum atomic E-state index is -0.275. The summed E-state index contributed by atoms with van der Waals surface area (Å²) in [5.74, 6) is -0.0181. The van der Waals surface area contributed by atoms with Crippen LogP contribution < -0.4 is 5.32 Å². The van der Waals surface area contributed by atoms with Crippen LogP contribution in [0.4, 0.5) is 0 Å². The van der Waals surface area contributed by atoms with Crippen molar-refractivity contribution in [2.45, 2.75) is 52.3 Å². The Bertz CT molecular complexity index is 667. The highest BCUT2D eigenvalue weighted by Crippen LogP contribution is 2.21. The van der Waals surface area contributed by atoms with E-state index in [9.17, 15) is 4.79 Å². The van der Waals surface area contributed by atoms with Gasteiger partial charge in [-0.15, -0.1) is 0 Å². The summed E-state index contributed by atoms with van der Waals surface area (Å²) < 4.78 is 9.27. The van der Waals surface area contributed by atoms with Crippen molar-refractivity contribution in [1.82, 2.24) is 24.9 Å². The molecule has 0 radical (unpaired) electrons. The van der Waals surface area contributed by atoms with Crippen molar-refractivity contribution in [3.05, 3.63) is 11.9 Å². The number of fused-ring (bicyclic) bond motifs is 1. The van der Waals surface area contributed by atoms with Crippen molar-refractivity contribution in [3.8, 4) is 0 Å². The van der Waals surface area contributed by atoms with Crippen LogP contribution >= 0.6 is 0 Å². The highest BCUT2D eigenvalue weighted by Gasteiger charge is 2.23.